The van der Waals surface area contributed by atoms with Crippen LogP contribution >= 0.6 is 27.3 Å². The van der Waals surface area contributed by atoms with Gasteiger partial charge < -0.3 is 5.73 Å². The van der Waals surface area contributed by atoms with E-state index in [4.69, 9.17) is 5.73 Å². The number of sulfone groups is 1. The van der Waals surface area contributed by atoms with Crippen molar-refractivity contribution in [1.29, 1.82) is 0 Å². The molecule has 2 aromatic rings. The van der Waals surface area contributed by atoms with Gasteiger partial charge in [0, 0.05) is 16.0 Å². The van der Waals surface area contributed by atoms with E-state index in [1.54, 1.807) is 22.2 Å². The van der Waals surface area contributed by atoms with Crippen molar-refractivity contribution in [2.24, 2.45) is 0 Å². The number of nitrogen functional groups attached to an aromatic ring is 1. The molecule has 1 fully saturated rings. The number of hydrogen-bond acceptors (Lipinski definition) is 5. The Balaban J connectivity index is 1.94. The van der Waals surface area contributed by atoms with Gasteiger partial charge in [-0.15, -0.1) is 11.3 Å². The summed E-state index contributed by atoms with van der Waals surface area (Å²) in [5.41, 5.74) is 7.28. The minimum Gasteiger partial charge on any atom is -0.396 e. The second kappa shape index (κ2) is 4.60. The minimum atomic E-state index is -2.91. The molecule has 3 rings (SSSR count). The summed E-state index contributed by atoms with van der Waals surface area (Å²) in [7, 11) is -2.91. The molecule has 0 aliphatic carbocycles. The van der Waals surface area contributed by atoms with Gasteiger partial charge in [0.25, 0.3) is 0 Å². The molecular weight excluding hydrogens is 350 g/mol. The molecule has 1 atom stereocenters. The van der Waals surface area contributed by atoms with Crippen molar-refractivity contribution in [2.75, 3.05) is 17.2 Å². The first kappa shape index (κ1) is 13.1. The Bertz CT molecular complexity index is 720. The van der Waals surface area contributed by atoms with E-state index in [1.807, 2.05) is 11.4 Å². The molecule has 19 heavy (non-hydrogen) atoms. The van der Waals surface area contributed by atoms with E-state index in [2.05, 4.69) is 21.0 Å². The van der Waals surface area contributed by atoms with Crippen molar-refractivity contribution in [1.82, 2.24) is 9.78 Å². The van der Waals surface area contributed by atoms with E-state index in [9.17, 15) is 8.42 Å². The smallest absolute Gasteiger partial charge is 0.152 e. The Kier molecular flexibility index (Phi) is 3.18. The van der Waals surface area contributed by atoms with E-state index in [1.165, 1.54) is 0 Å². The molecule has 5 nitrogen and oxygen atoms in total. The third kappa shape index (κ3) is 2.56. The molecule has 1 aliphatic heterocycles. The first-order valence-corrected chi connectivity index (χ1v) is 9.23. The molecule has 0 saturated carbocycles. The van der Waals surface area contributed by atoms with E-state index in [0.29, 0.717) is 12.1 Å². The standard InChI is InChI=1S/C11H12BrN3O2S2/c12-7-3-10(18-5-7)11-9(13)4-15(14-11)8-1-2-19(16,17)6-8/h3-5,8H,1-2,6,13H2. The Morgan fingerprint density at radius 1 is 1.53 bits per heavy atom. The Hall–Kier alpha value is -0.860. The number of rotatable bonds is 2. The Morgan fingerprint density at radius 2 is 2.32 bits per heavy atom. The number of thiophene rings is 1. The van der Waals surface area contributed by atoms with Crippen molar-refractivity contribution in [3.8, 4) is 10.6 Å². The van der Waals surface area contributed by atoms with Crippen LogP contribution in [-0.4, -0.2) is 29.7 Å². The van der Waals surface area contributed by atoms with Gasteiger partial charge in [-0.05, 0) is 28.4 Å². The highest BCUT2D eigenvalue weighted by molar-refractivity contribution is 9.10. The summed E-state index contributed by atoms with van der Waals surface area (Å²) in [6, 6.07) is 1.86. The maximum absolute atomic E-state index is 11.5. The van der Waals surface area contributed by atoms with E-state index >= 15 is 0 Å². The van der Waals surface area contributed by atoms with Crippen LogP contribution in [0.1, 0.15) is 12.5 Å². The molecule has 102 valence electrons. The van der Waals surface area contributed by atoms with Crippen LogP contribution in [0.2, 0.25) is 0 Å². The molecule has 2 aromatic heterocycles. The molecule has 0 bridgehead atoms. The Labute approximate surface area is 123 Å². The quantitative estimate of drug-likeness (QED) is 0.889. The Morgan fingerprint density at radius 3 is 2.89 bits per heavy atom. The highest BCUT2D eigenvalue weighted by Gasteiger charge is 2.30. The highest BCUT2D eigenvalue weighted by Crippen LogP contribution is 2.34. The zero-order chi connectivity index (χ0) is 13.6. The fraction of sp³-hybridized carbons (Fsp3) is 0.364. The van der Waals surface area contributed by atoms with Crippen molar-refractivity contribution in [3.05, 3.63) is 22.1 Å². The van der Waals surface area contributed by atoms with Gasteiger partial charge in [-0.3, -0.25) is 4.68 Å². The summed E-state index contributed by atoms with van der Waals surface area (Å²) in [6.45, 7) is 0. The van der Waals surface area contributed by atoms with E-state index < -0.39 is 9.84 Å². The molecule has 1 saturated heterocycles. The SMILES string of the molecule is Nc1cn(C2CCS(=O)(=O)C2)nc1-c1cc(Br)cs1. The average molecular weight is 362 g/mol. The predicted molar refractivity (Wildman–Crippen MR) is 80.0 cm³/mol. The minimum absolute atomic E-state index is 0.0931. The average Bonchev–Trinajstić information content (AvgIpc) is 2.98. The van der Waals surface area contributed by atoms with Gasteiger partial charge >= 0.3 is 0 Å². The van der Waals surface area contributed by atoms with Crippen LogP contribution < -0.4 is 5.73 Å². The lowest BCUT2D eigenvalue weighted by Gasteiger charge is -2.06. The number of hydrogen-bond donors (Lipinski definition) is 1. The van der Waals surface area contributed by atoms with Gasteiger partial charge in [0.15, 0.2) is 9.84 Å². The summed E-state index contributed by atoms with van der Waals surface area (Å²) in [4.78, 5) is 0.976. The summed E-state index contributed by atoms with van der Waals surface area (Å²) in [5, 5.41) is 6.42. The first-order valence-electron chi connectivity index (χ1n) is 5.74. The summed E-state index contributed by atoms with van der Waals surface area (Å²) >= 11 is 4.95. The second-order valence-corrected chi connectivity index (χ2v) is 8.65. The molecule has 0 radical (unpaired) electrons. The first-order chi connectivity index (χ1) is 8.94. The third-order valence-electron chi connectivity index (χ3n) is 3.14. The van der Waals surface area contributed by atoms with Crippen molar-refractivity contribution >= 4 is 42.8 Å². The van der Waals surface area contributed by atoms with Crippen LogP contribution in [0.4, 0.5) is 5.69 Å². The number of halogens is 1. The molecule has 0 spiro atoms. The van der Waals surface area contributed by atoms with Crippen molar-refractivity contribution in [3.63, 3.8) is 0 Å². The molecule has 3 heterocycles. The molecule has 1 aliphatic rings. The fourth-order valence-corrected chi connectivity index (χ4v) is 5.34. The maximum Gasteiger partial charge on any atom is 0.152 e. The van der Waals surface area contributed by atoms with Crippen LogP contribution in [0, 0.1) is 0 Å². The van der Waals surface area contributed by atoms with Crippen LogP contribution in [-0.2, 0) is 9.84 Å². The molecule has 1 unspecified atom stereocenters. The van der Waals surface area contributed by atoms with Gasteiger partial charge in [0.2, 0.25) is 0 Å². The van der Waals surface area contributed by atoms with Crippen molar-refractivity contribution < 1.29 is 8.42 Å². The molecule has 2 N–H and O–H groups in total. The molecule has 0 amide bonds. The highest BCUT2D eigenvalue weighted by atomic mass is 79.9. The molecular formula is C11H12BrN3O2S2. The zero-order valence-corrected chi connectivity index (χ0v) is 13.1. The van der Waals surface area contributed by atoms with Gasteiger partial charge in [-0.25, -0.2) is 8.42 Å². The second-order valence-electron chi connectivity index (χ2n) is 4.60. The van der Waals surface area contributed by atoms with Crippen LogP contribution in [0.25, 0.3) is 10.6 Å². The zero-order valence-electron chi connectivity index (χ0n) is 9.91. The summed E-state index contributed by atoms with van der Waals surface area (Å²) in [6.07, 6.45) is 2.34. The number of aromatic nitrogens is 2. The van der Waals surface area contributed by atoms with Crippen LogP contribution in [0.15, 0.2) is 22.1 Å². The topological polar surface area (TPSA) is 78.0 Å². The lowest BCUT2D eigenvalue weighted by Crippen LogP contribution is -2.11. The predicted octanol–water partition coefficient (Wildman–Crippen LogP) is 2.32. The molecule has 0 aromatic carbocycles. The largest absolute Gasteiger partial charge is 0.396 e. The van der Waals surface area contributed by atoms with Gasteiger partial charge in [0.1, 0.15) is 5.69 Å². The number of nitrogens with two attached hydrogens (primary N) is 1. The van der Waals surface area contributed by atoms with Gasteiger partial charge in [-0.1, -0.05) is 0 Å². The van der Waals surface area contributed by atoms with Crippen LogP contribution in [0.5, 0.6) is 0 Å². The van der Waals surface area contributed by atoms with Gasteiger partial charge in [-0.2, -0.15) is 5.10 Å². The lowest BCUT2D eigenvalue weighted by molar-refractivity contribution is 0.501. The summed E-state index contributed by atoms with van der Waals surface area (Å²) < 4.78 is 25.7. The molecule has 8 heteroatoms. The number of anilines is 1. The van der Waals surface area contributed by atoms with Gasteiger partial charge in [0.05, 0.1) is 28.1 Å². The number of nitrogens with zero attached hydrogens (tertiary/aromatic N) is 2. The third-order valence-corrected chi connectivity index (χ3v) is 6.59. The van der Waals surface area contributed by atoms with E-state index in [-0.39, 0.29) is 17.5 Å². The van der Waals surface area contributed by atoms with Crippen LogP contribution in [0.3, 0.4) is 0 Å². The van der Waals surface area contributed by atoms with Crippen molar-refractivity contribution in [2.45, 2.75) is 12.5 Å². The monoisotopic (exact) mass is 361 g/mol. The summed E-state index contributed by atoms with van der Waals surface area (Å²) in [5.74, 6) is 0.388. The van der Waals surface area contributed by atoms with E-state index in [0.717, 1.165) is 15.0 Å². The fourth-order valence-electron chi connectivity index (χ4n) is 2.21. The lowest BCUT2D eigenvalue weighted by atomic mass is 10.3. The maximum atomic E-state index is 11.5. The normalized spacial score (nSPS) is 21.8.